The molecule has 0 aromatic carbocycles. The summed E-state index contributed by atoms with van der Waals surface area (Å²) in [6.45, 7) is 2.80. The van der Waals surface area contributed by atoms with E-state index in [0.29, 0.717) is 6.04 Å². The lowest BCUT2D eigenvalue weighted by Gasteiger charge is -2.35. The van der Waals surface area contributed by atoms with Crippen molar-refractivity contribution in [3.63, 3.8) is 0 Å². The molecule has 0 unspecified atom stereocenters. The summed E-state index contributed by atoms with van der Waals surface area (Å²) in [5.74, 6) is 0.817. The van der Waals surface area contributed by atoms with Crippen LogP contribution in [-0.4, -0.2) is 47.1 Å². The predicted molar refractivity (Wildman–Crippen MR) is 86.7 cm³/mol. The van der Waals surface area contributed by atoms with E-state index in [0.717, 1.165) is 44.8 Å². The van der Waals surface area contributed by atoms with Crippen LogP contribution in [0.3, 0.4) is 0 Å². The van der Waals surface area contributed by atoms with Crippen molar-refractivity contribution in [2.24, 2.45) is 5.92 Å². The van der Waals surface area contributed by atoms with Gasteiger partial charge in [-0.15, -0.1) is 0 Å². The van der Waals surface area contributed by atoms with Gasteiger partial charge in [-0.3, -0.25) is 14.7 Å². The van der Waals surface area contributed by atoms with Gasteiger partial charge in [-0.25, -0.2) is 0 Å². The minimum absolute atomic E-state index is 0.0982. The summed E-state index contributed by atoms with van der Waals surface area (Å²) < 4.78 is 6.12. The Morgan fingerprint density at radius 2 is 2.22 bits per heavy atom. The Hall–Kier alpha value is -1.46. The third-order valence-electron chi connectivity index (χ3n) is 5.33. The summed E-state index contributed by atoms with van der Waals surface area (Å²) >= 11 is 0. The molecule has 2 aliphatic heterocycles. The maximum Gasteiger partial charge on any atom is 0.249 e. The molecule has 4 rings (SSSR count). The molecule has 2 saturated heterocycles. The normalized spacial score (nSPS) is 30.9. The molecule has 1 amide bonds. The summed E-state index contributed by atoms with van der Waals surface area (Å²) in [5, 5.41) is 3.06. The standard InChI is InChI=1S/C18H25N3O2/c22-18(20-11-13-3-4-13)17-6-5-15-16(23-17)7-9-21(15)12-14-2-1-8-19-10-14/h1-2,8,10,13,15-17H,3-7,9,11-12H2,(H,20,22)/t15-,16-,17-/m1/s1. The molecule has 23 heavy (non-hydrogen) atoms. The van der Waals surface area contributed by atoms with E-state index >= 15 is 0 Å². The second kappa shape index (κ2) is 6.57. The Morgan fingerprint density at radius 3 is 3.00 bits per heavy atom. The van der Waals surface area contributed by atoms with Crippen molar-refractivity contribution in [1.29, 1.82) is 0 Å². The second-order valence-corrected chi connectivity index (χ2v) is 7.12. The van der Waals surface area contributed by atoms with Crippen LogP contribution in [0.4, 0.5) is 0 Å². The number of fused-ring (bicyclic) bond motifs is 1. The zero-order chi connectivity index (χ0) is 15.6. The number of hydrogen-bond donors (Lipinski definition) is 1. The number of likely N-dealkylation sites (tertiary alicyclic amines) is 1. The molecule has 0 spiro atoms. The minimum atomic E-state index is -0.242. The van der Waals surface area contributed by atoms with Gasteiger partial charge in [0.1, 0.15) is 6.10 Å². The van der Waals surface area contributed by atoms with Crippen molar-refractivity contribution < 1.29 is 9.53 Å². The summed E-state index contributed by atoms with van der Waals surface area (Å²) in [6, 6.07) is 4.56. The first-order chi connectivity index (χ1) is 11.3. The van der Waals surface area contributed by atoms with Crippen LogP contribution in [0.25, 0.3) is 0 Å². The van der Waals surface area contributed by atoms with E-state index in [4.69, 9.17) is 4.74 Å². The fourth-order valence-corrected chi connectivity index (χ4v) is 3.81. The Balaban J connectivity index is 1.30. The van der Waals surface area contributed by atoms with Crippen molar-refractivity contribution in [2.45, 2.75) is 56.9 Å². The van der Waals surface area contributed by atoms with Gasteiger partial charge < -0.3 is 10.1 Å². The van der Waals surface area contributed by atoms with Crippen LogP contribution < -0.4 is 5.32 Å². The van der Waals surface area contributed by atoms with Crippen LogP contribution in [0.5, 0.6) is 0 Å². The highest BCUT2D eigenvalue weighted by Crippen LogP contribution is 2.33. The van der Waals surface area contributed by atoms with Gasteiger partial charge in [-0.05, 0) is 49.7 Å². The third-order valence-corrected chi connectivity index (χ3v) is 5.33. The van der Waals surface area contributed by atoms with Gasteiger partial charge >= 0.3 is 0 Å². The van der Waals surface area contributed by atoms with Gasteiger partial charge in [-0.2, -0.15) is 0 Å². The van der Waals surface area contributed by atoms with Crippen LogP contribution in [-0.2, 0) is 16.1 Å². The SMILES string of the molecule is O=C(NCC1CC1)[C@H]1CC[C@@H]2[C@@H](CCN2Cc2cccnc2)O1. The van der Waals surface area contributed by atoms with Crippen LogP contribution in [0.15, 0.2) is 24.5 Å². The maximum absolute atomic E-state index is 12.2. The van der Waals surface area contributed by atoms with Crippen molar-refractivity contribution in [2.75, 3.05) is 13.1 Å². The number of nitrogens with one attached hydrogen (secondary N) is 1. The van der Waals surface area contributed by atoms with E-state index in [1.807, 2.05) is 18.5 Å². The minimum Gasteiger partial charge on any atom is -0.363 e. The summed E-state index contributed by atoms with van der Waals surface area (Å²) in [4.78, 5) is 18.9. The lowest BCUT2D eigenvalue weighted by atomic mass is 9.98. The predicted octanol–water partition coefficient (Wildman–Crippen LogP) is 1.73. The molecule has 0 bridgehead atoms. The van der Waals surface area contributed by atoms with Crippen molar-refractivity contribution in [3.8, 4) is 0 Å². The molecule has 1 N–H and O–H groups in total. The molecule has 5 heteroatoms. The monoisotopic (exact) mass is 315 g/mol. The zero-order valence-corrected chi connectivity index (χ0v) is 13.5. The number of hydrogen-bond acceptors (Lipinski definition) is 4. The van der Waals surface area contributed by atoms with Gasteiger partial charge in [0.15, 0.2) is 0 Å². The van der Waals surface area contributed by atoms with Crippen LogP contribution in [0.2, 0.25) is 0 Å². The smallest absolute Gasteiger partial charge is 0.249 e. The van der Waals surface area contributed by atoms with Crippen molar-refractivity contribution in [3.05, 3.63) is 30.1 Å². The second-order valence-electron chi connectivity index (χ2n) is 7.12. The van der Waals surface area contributed by atoms with Gasteiger partial charge in [0.05, 0.1) is 6.10 Å². The number of aromatic nitrogens is 1. The number of rotatable bonds is 5. The molecule has 0 radical (unpaired) electrons. The topological polar surface area (TPSA) is 54.5 Å². The zero-order valence-electron chi connectivity index (χ0n) is 13.5. The molecule has 5 nitrogen and oxygen atoms in total. The molecule has 1 aromatic heterocycles. The van der Waals surface area contributed by atoms with Crippen LogP contribution in [0, 0.1) is 5.92 Å². The van der Waals surface area contributed by atoms with Crippen LogP contribution in [0.1, 0.15) is 37.7 Å². The van der Waals surface area contributed by atoms with Gasteiger partial charge in [0.2, 0.25) is 5.91 Å². The average Bonchev–Trinajstić information content (AvgIpc) is 3.34. The number of carbonyl (C=O) groups is 1. The number of carbonyl (C=O) groups excluding carboxylic acids is 1. The molecule has 1 saturated carbocycles. The molecule has 1 aromatic rings. The van der Waals surface area contributed by atoms with Crippen LogP contribution >= 0.6 is 0 Å². The highest BCUT2D eigenvalue weighted by Gasteiger charge is 2.41. The van der Waals surface area contributed by atoms with E-state index in [1.54, 1.807) is 0 Å². The van der Waals surface area contributed by atoms with Gasteiger partial charge in [-0.1, -0.05) is 6.07 Å². The lowest BCUT2D eigenvalue weighted by Crippen LogP contribution is -2.47. The molecule has 3 heterocycles. The summed E-state index contributed by atoms with van der Waals surface area (Å²) in [6.07, 6.45) is 9.14. The van der Waals surface area contributed by atoms with Gasteiger partial charge in [0, 0.05) is 38.1 Å². The Kier molecular flexibility index (Phi) is 4.31. The van der Waals surface area contributed by atoms with E-state index in [-0.39, 0.29) is 18.1 Å². The van der Waals surface area contributed by atoms with E-state index in [1.165, 1.54) is 18.4 Å². The van der Waals surface area contributed by atoms with Crippen molar-refractivity contribution >= 4 is 5.91 Å². The van der Waals surface area contributed by atoms with E-state index < -0.39 is 0 Å². The Bertz CT molecular complexity index is 546. The molecular formula is C18H25N3O2. The molecule has 3 fully saturated rings. The number of amides is 1. The highest BCUT2D eigenvalue weighted by atomic mass is 16.5. The molecule has 124 valence electrons. The molecule has 1 aliphatic carbocycles. The van der Waals surface area contributed by atoms with Gasteiger partial charge in [0.25, 0.3) is 0 Å². The largest absolute Gasteiger partial charge is 0.363 e. The third kappa shape index (κ3) is 3.56. The number of nitrogens with zero attached hydrogens (tertiary/aromatic N) is 2. The first-order valence-corrected chi connectivity index (χ1v) is 8.86. The fraction of sp³-hybridized carbons (Fsp3) is 0.667. The highest BCUT2D eigenvalue weighted by molar-refractivity contribution is 5.80. The molecule has 3 aliphatic rings. The Morgan fingerprint density at radius 1 is 1.30 bits per heavy atom. The fourth-order valence-electron chi connectivity index (χ4n) is 3.81. The molecular weight excluding hydrogens is 290 g/mol. The van der Waals surface area contributed by atoms with E-state index in [2.05, 4.69) is 21.3 Å². The van der Waals surface area contributed by atoms with E-state index in [9.17, 15) is 4.79 Å². The lowest BCUT2D eigenvalue weighted by molar-refractivity contribution is -0.144. The number of pyridine rings is 1. The summed E-state index contributed by atoms with van der Waals surface area (Å²) in [7, 11) is 0. The first-order valence-electron chi connectivity index (χ1n) is 8.86. The quantitative estimate of drug-likeness (QED) is 0.899. The molecule has 3 atom stereocenters. The average molecular weight is 315 g/mol. The van der Waals surface area contributed by atoms with Crippen molar-refractivity contribution in [1.82, 2.24) is 15.2 Å². The Labute approximate surface area is 137 Å². The maximum atomic E-state index is 12.2. The summed E-state index contributed by atoms with van der Waals surface area (Å²) in [5.41, 5.74) is 1.25. The first kappa shape index (κ1) is 15.1. The number of ether oxygens (including phenoxy) is 1.